The SMILES string of the molecule is COc1cccc(C[NH+](C)CC(=O)Nc2c(C#N)c(C)c(C)n2Cc2ccco2)c1. The molecule has 0 radical (unpaired) electrons. The van der Waals surface area contributed by atoms with Crippen LogP contribution in [0.5, 0.6) is 5.75 Å². The Kier molecular flexibility index (Phi) is 6.60. The number of anilines is 1. The van der Waals surface area contributed by atoms with Gasteiger partial charge in [-0.2, -0.15) is 5.26 Å². The first kappa shape index (κ1) is 21.2. The number of aromatic nitrogens is 1. The first-order valence-corrected chi connectivity index (χ1v) is 9.79. The molecule has 156 valence electrons. The molecule has 1 amide bonds. The van der Waals surface area contributed by atoms with Crippen LogP contribution in [0.4, 0.5) is 5.82 Å². The average Bonchev–Trinajstić information content (AvgIpc) is 3.31. The molecular formula is C23H27N4O3+. The number of furan rings is 1. The van der Waals surface area contributed by atoms with Crippen LogP contribution in [0, 0.1) is 25.2 Å². The van der Waals surface area contributed by atoms with Crippen molar-refractivity contribution in [1.82, 2.24) is 4.57 Å². The van der Waals surface area contributed by atoms with Crippen molar-refractivity contribution < 1.29 is 18.8 Å². The van der Waals surface area contributed by atoms with Gasteiger partial charge in [-0.05, 0) is 43.7 Å². The molecule has 0 saturated carbocycles. The summed E-state index contributed by atoms with van der Waals surface area (Å²) in [5.41, 5.74) is 3.36. The number of carbonyl (C=O) groups is 1. The molecule has 7 nitrogen and oxygen atoms in total. The van der Waals surface area contributed by atoms with Crippen molar-refractivity contribution in [2.75, 3.05) is 26.0 Å². The van der Waals surface area contributed by atoms with Crippen LogP contribution in [-0.4, -0.2) is 31.2 Å². The van der Waals surface area contributed by atoms with E-state index in [1.165, 1.54) is 0 Å². The Balaban J connectivity index is 1.74. The number of benzene rings is 1. The van der Waals surface area contributed by atoms with Crippen molar-refractivity contribution in [2.24, 2.45) is 0 Å². The summed E-state index contributed by atoms with van der Waals surface area (Å²) in [6.45, 7) is 5.23. The summed E-state index contributed by atoms with van der Waals surface area (Å²) >= 11 is 0. The van der Waals surface area contributed by atoms with Crippen LogP contribution >= 0.6 is 0 Å². The molecule has 2 aromatic heterocycles. The highest BCUT2D eigenvalue weighted by Gasteiger charge is 2.21. The van der Waals surface area contributed by atoms with Crippen LogP contribution in [0.2, 0.25) is 0 Å². The minimum absolute atomic E-state index is 0.148. The van der Waals surface area contributed by atoms with Crippen molar-refractivity contribution in [3.8, 4) is 11.8 Å². The minimum Gasteiger partial charge on any atom is -0.497 e. The van der Waals surface area contributed by atoms with Gasteiger partial charge in [-0.15, -0.1) is 0 Å². The number of methoxy groups -OCH3 is 1. The van der Waals surface area contributed by atoms with Gasteiger partial charge in [-0.1, -0.05) is 12.1 Å². The number of likely N-dealkylation sites (N-methyl/N-ethyl adjacent to an activating group) is 1. The molecule has 2 N–H and O–H groups in total. The lowest BCUT2D eigenvalue weighted by Crippen LogP contribution is -3.08. The number of ether oxygens (including phenoxy) is 1. The van der Waals surface area contributed by atoms with Gasteiger partial charge in [0.25, 0.3) is 5.91 Å². The van der Waals surface area contributed by atoms with E-state index in [2.05, 4.69) is 11.4 Å². The standard InChI is InChI=1S/C23H26N4O3/c1-16-17(2)27(14-20-9-6-10-30-20)23(21(16)12-24)25-22(28)15-26(3)13-18-7-5-8-19(11-18)29-4/h5-11H,13-15H2,1-4H3,(H,25,28)/p+1. The number of rotatable bonds is 8. The Morgan fingerprint density at radius 3 is 2.77 bits per heavy atom. The van der Waals surface area contributed by atoms with Gasteiger partial charge in [-0.25, -0.2) is 0 Å². The molecule has 7 heteroatoms. The Bertz CT molecular complexity index is 1060. The number of amides is 1. The van der Waals surface area contributed by atoms with Gasteiger partial charge < -0.3 is 23.9 Å². The van der Waals surface area contributed by atoms with Crippen LogP contribution in [0.15, 0.2) is 47.1 Å². The highest BCUT2D eigenvalue weighted by molar-refractivity contribution is 5.92. The maximum absolute atomic E-state index is 12.8. The van der Waals surface area contributed by atoms with Crippen molar-refractivity contribution in [3.63, 3.8) is 0 Å². The van der Waals surface area contributed by atoms with E-state index in [1.54, 1.807) is 13.4 Å². The van der Waals surface area contributed by atoms with Crippen molar-refractivity contribution in [1.29, 1.82) is 5.26 Å². The first-order valence-electron chi connectivity index (χ1n) is 9.79. The Hall–Kier alpha value is -3.50. The molecule has 1 atom stereocenters. The number of nitrogens with zero attached hydrogens (tertiary/aromatic N) is 2. The van der Waals surface area contributed by atoms with E-state index in [4.69, 9.17) is 9.15 Å². The van der Waals surface area contributed by atoms with E-state index < -0.39 is 0 Å². The zero-order valence-corrected chi connectivity index (χ0v) is 17.8. The van der Waals surface area contributed by atoms with Gasteiger partial charge in [0.1, 0.15) is 29.9 Å². The molecule has 1 aromatic carbocycles. The van der Waals surface area contributed by atoms with E-state index in [1.807, 2.05) is 61.9 Å². The first-order chi connectivity index (χ1) is 14.4. The molecule has 0 aliphatic heterocycles. The molecule has 0 bridgehead atoms. The normalized spacial score (nSPS) is 11.7. The van der Waals surface area contributed by atoms with Crippen LogP contribution in [0.3, 0.4) is 0 Å². The Labute approximate surface area is 176 Å². The molecule has 1 unspecified atom stereocenters. The smallest absolute Gasteiger partial charge is 0.280 e. The van der Waals surface area contributed by atoms with Gasteiger partial charge in [0.05, 0.1) is 32.5 Å². The molecule has 3 aromatic rings. The Morgan fingerprint density at radius 2 is 2.10 bits per heavy atom. The van der Waals surface area contributed by atoms with E-state index in [9.17, 15) is 10.1 Å². The summed E-state index contributed by atoms with van der Waals surface area (Å²) in [7, 11) is 3.60. The molecular weight excluding hydrogens is 380 g/mol. The third-order valence-electron chi connectivity index (χ3n) is 5.20. The predicted octanol–water partition coefficient (Wildman–Crippen LogP) is 2.28. The topological polar surface area (TPSA) is 84.6 Å². The fraction of sp³-hybridized carbons (Fsp3) is 0.304. The fourth-order valence-corrected chi connectivity index (χ4v) is 3.53. The van der Waals surface area contributed by atoms with Crippen LogP contribution in [0.25, 0.3) is 0 Å². The lowest BCUT2D eigenvalue weighted by atomic mass is 10.2. The third kappa shape index (κ3) is 4.73. The van der Waals surface area contributed by atoms with E-state index in [0.29, 0.717) is 24.5 Å². The molecule has 0 fully saturated rings. The summed E-state index contributed by atoms with van der Waals surface area (Å²) in [5, 5.41) is 12.6. The quantitative estimate of drug-likeness (QED) is 0.600. The van der Waals surface area contributed by atoms with Gasteiger partial charge in [0.2, 0.25) is 0 Å². The number of hydrogen-bond acceptors (Lipinski definition) is 4. The lowest BCUT2D eigenvalue weighted by Gasteiger charge is -2.16. The maximum Gasteiger partial charge on any atom is 0.280 e. The molecule has 30 heavy (non-hydrogen) atoms. The summed E-state index contributed by atoms with van der Waals surface area (Å²) in [5.74, 6) is 1.92. The predicted molar refractivity (Wildman–Crippen MR) is 114 cm³/mol. The second-order valence-electron chi connectivity index (χ2n) is 7.42. The largest absolute Gasteiger partial charge is 0.497 e. The van der Waals surface area contributed by atoms with Crippen molar-refractivity contribution in [2.45, 2.75) is 26.9 Å². The number of nitriles is 1. The van der Waals surface area contributed by atoms with Gasteiger partial charge in [0, 0.05) is 11.3 Å². The number of carbonyl (C=O) groups excluding carboxylic acids is 1. The number of nitrogens with one attached hydrogen (secondary N) is 2. The zero-order valence-electron chi connectivity index (χ0n) is 17.8. The highest BCUT2D eigenvalue weighted by Crippen LogP contribution is 2.27. The summed E-state index contributed by atoms with van der Waals surface area (Å²) < 4.78 is 12.6. The van der Waals surface area contributed by atoms with E-state index >= 15 is 0 Å². The highest BCUT2D eigenvalue weighted by atomic mass is 16.5. The maximum atomic E-state index is 12.8. The van der Waals surface area contributed by atoms with Crippen LogP contribution in [0.1, 0.15) is 28.1 Å². The van der Waals surface area contributed by atoms with Crippen LogP contribution < -0.4 is 15.0 Å². The number of quaternary nitrogens is 1. The Morgan fingerprint density at radius 1 is 1.30 bits per heavy atom. The van der Waals surface area contributed by atoms with Gasteiger partial charge >= 0.3 is 0 Å². The third-order valence-corrected chi connectivity index (χ3v) is 5.20. The second kappa shape index (κ2) is 9.33. The van der Waals surface area contributed by atoms with Gasteiger partial charge in [-0.3, -0.25) is 4.79 Å². The summed E-state index contributed by atoms with van der Waals surface area (Å²) in [4.78, 5) is 13.8. The zero-order chi connectivity index (χ0) is 21.7. The molecule has 0 aliphatic rings. The molecule has 0 aliphatic carbocycles. The van der Waals surface area contributed by atoms with Gasteiger partial charge in [0.15, 0.2) is 6.54 Å². The molecule has 0 spiro atoms. The van der Waals surface area contributed by atoms with E-state index in [-0.39, 0.29) is 12.5 Å². The lowest BCUT2D eigenvalue weighted by molar-refractivity contribution is -0.885. The van der Waals surface area contributed by atoms with Crippen molar-refractivity contribution in [3.05, 3.63) is 70.8 Å². The monoisotopic (exact) mass is 407 g/mol. The average molecular weight is 407 g/mol. The summed E-state index contributed by atoms with van der Waals surface area (Å²) in [6, 6.07) is 13.7. The van der Waals surface area contributed by atoms with E-state index in [0.717, 1.165) is 33.2 Å². The molecule has 0 saturated heterocycles. The molecule has 2 heterocycles. The summed E-state index contributed by atoms with van der Waals surface area (Å²) in [6.07, 6.45) is 1.61. The number of hydrogen-bond donors (Lipinski definition) is 2. The molecule has 3 rings (SSSR count). The van der Waals surface area contributed by atoms with Crippen molar-refractivity contribution >= 4 is 11.7 Å². The van der Waals surface area contributed by atoms with Crippen LogP contribution in [-0.2, 0) is 17.9 Å². The fourth-order valence-electron chi connectivity index (χ4n) is 3.53. The minimum atomic E-state index is -0.148. The second-order valence-corrected chi connectivity index (χ2v) is 7.42.